The third-order valence-corrected chi connectivity index (χ3v) is 3.90. The molecule has 0 fully saturated rings. The number of fused-ring (bicyclic) bond motifs is 1. The molecule has 2 aromatic rings. The van der Waals surface area contributed by atoms with Crippen molar-refractivity contribution >= 4 is 17.3 Å². The first-order valence-corrected chi connectivity index (χ1v) is 7.06. The van der Waals surface area contributed by atoms with Crippen LogP contribution in [0.5, 0.6) is 0 Å². The summed E-state index contributed by atoms with van der Waals surface area (Å²) in [6.45, 7) is 0. The van der Waals surface area contributed by atoms with E-state index in [0.29, 0.717) is 0 Å². The Kier molecular flexibility index (Phi) is 3.60. The van der Waals surface area contributed by atoms with E-state index in [-0.39, 0.29) is 11.3 Å². The molecule has 0 unspecified atom stereocenters. The summed E-state index contributed by atoms with van der Waals surface area (Å²) in [6, 6.07) is 9.97. The van der Waals surface area contributed by atoms with Crippen LogP contribution in [-0.4, -0.2) is 11.1 Å². The molecule has 0 aliphatic heterocycles. The fourth-order valence-electron chi connectivity index (χ4n) is 2.86. The van der Waals surface area contributed by atoms with E-state index in [0.717, 1.165) is 31.4 Å². The predicted octanol–water partition coefficient (Wildman–Crippen LogP) is 4.15. The Morgan fingerprint density at radius 3 is 2.67 bits per heavy atom. The maximum absolute atomic E-state index is 14.0. The highest BCUT2D eigenvalue weighted by atomic mass is 19.1. The second kappa shape index (κ2) is 5.56. The molecule has 0 saturated heterocycles. The lowest BCUT2D eigenvalue weighted by molar-refractivity contribution is 0.0697. The fraction of sp³-hybridized carbons (Fsp3) is 0.235. The first-order valence-electron chi connectivity index (χ1n) is 7.06. The van der Waals surface area contributed by atoms with Crippen LogP contribution < -0.4 is 5.32 Å². The van der Waals surface area contributed by atoms with Gasteiger partial charge < -0.3 is 10.4 Å². The third kappa shape index (κ3) is 2.61. The molecule has 1 aliphatic rings. The molecule has 2 aromatic carbocycles. The summed E-state index contributed by atoms with van der Waals surface area (Å²) in [5, 5.41) is 12.2. The summed E-state index contributed by atoms with van der Waals surface area (Å²) in [6.07, 6.45) is 4.23. The number of benzene rings is 2. The van der Waals surface area contributed by atoms with E-state index in [1.165, 1.54) is 29.3 Å². The molecule has 0 radical (unpaired) electrons. The fourth-order valence-corrected chi connectivity index (χ4v) is 2.86. The number of aromatic carboxylic acids is 1. The summed E-state index contributed by atoms with van der Waals surface area (Å²) >= 11 is 0. The van der Waals surface area contributed by atoms with Crippen molar-refractivity contribution in [2.75, 3.05) is 5.32 Å². The van der Waals surface area contributed by atoms with Crippen LogP contribution >= 0.6 is 0 Å². The van der Waals surface area contributed by atoms with Crippen LogP contribution in [0.1, 0.15) is 34.3 Å². The summed E-state index contributed by atoms with van der Waals surface area (Å²) in [7, 11) is 0. The Hall–Kier alpha value is -2.36. The topological polar surface area (TPSA) is 49.3 Å². The van der Waals surface area contributed by atoms with Gasteiger partial charge in [0.15, 0.2) is 0 Å². The number of carbonyl (C=O) groups is 1. The van der Waals surface area contributed by atoms with Crippen LogP contribution in [0.15, 0.2) is 36.4 Å². The number of hydrogen-bond acceptors (Lipinski definition) is 2. The normalized spacial score (nSPS) is 13.6. The lowest BCUT2D eigenvalue weighted by Gasteiger charge is -2.21. The second-order valence-electron chi connectivity index (χ2n) is 5.24. The van der Waals surface area contributed by atoms with Gasteiger partial charge in [0.05, 0.1) is 11.3 Å². The van der Waals surface area contributed by atoms with Crippen molar-refractivity contribution in [1.29, 1.82) is 0 Å². The number of hydrogen-bond donors (Lipinski definition) is 2. The molecule has 0 heterocycles. The Balaban J connectivity index is 2.04. The Bertz CT molecular complexity index is 697. The largest absolute Gasteiger partial charge is 0.478 e. The molecular formula is C17H16FNO2. The quantitative estimate of drug-likeness (QED) is 0.890. The van der Waals surface area contributed by atoms with Gasteiger partial charge in [0.25, 0.3) is 0 Å². The van der Waals surface area contributed by atoms with E-state index in [1.807, 2.05) is 12.1 Å². The van der Waals surface area contributed by atoms with Gasteiger partial charge in [0.2, 0.25) is 0 Å². The molecule has 0 saturated carbocycles. The van der Waals surface area contributed by atoms with E-state index in [4.69, 9.17) is 0 Å². The zero-order valence-corrected chi connectivity index (χ0v) is 11.5. The van der Waals surface area contributed by atoms with Gasteiger partial charge in [-0.25, -0.2) is 9.18 Å². The van der Waals surface area contributed by atoms with Gasteiger partial charge in [-0.15, -0.1) is 0 Å². The van der Waals surface area contributed by atoms with Gasteiger partial charge >= 0.3 is 5.97 Å². The van der Waals surface area contributed by atoms with Crippen LogP contribution in [0.25, 0.3) is 0 Å². The molecule has 0 amide bonds. The minimum absolute atomic E-state index is 0.0315. The SMILES string of the molecule is O=C(O)c1cccc(F)c1Nc1cccc2c1CCCC2. The van der Waals surface area contributed by atoms with Crippen LogP contribution in [0.3, 0.4) is 0 Å². The summed E-state index contributed by atoms with van der Waals surface area (Å²) in [5.74, 6) is -1.69. The Labute approximate surface area is 122 Å². The van der Waals surface area contributed by atoms with Crippen molar-refractivity contribution in [3.05, 3.63) is 58.9 Å². The van der Waals surface area contributed by atoms with Gasteiger partial charge in [0, 0.05) is 5.69 Å². The number of carboxylic acids is 1. The number of carboxylic acid groups (broad SMARTS) is 1. The van der Waals surface area contributed by atoms with Crippen LogP contribution in [-0.2, 0) is 12.8 Å². The van der Waals surface area contributed by atoms with Gasteiger partial charge in [-0.1, -0.05) is 18.2 Å². The molecule has 0 aromatic heterocycles. The van der Waals surface area contributed by atoms with Crippen molar-refractivity contribution in [3.63, 3.8) is 0 Å². The maximum Gasteiger partial charge on any atom is 0.337 e. The zero-order valence-electron chi connectivity index (χ0n) is 11.5. The van der Waals surface area contributed by atoms with E-state index >= 15 is 0 Å². The van der Waals surface area contributed by atoms with E-state index in [2.05, 4.69) is 11.4 Å². The van der Waals surface area contributed by atoms with Gasteiger partial charge in [-0.05, 0) is 55.0 Å². The highest BCUT2D eigenvalue weighted by Gasteiger charge is 2.17. The summed E-state index contributed by atoms with van der Waals surface area (Å²) < 4.78 is 14.0. The molecule has 108 valence electrons. The number of anilines is 2. The van der Waals surface area contributed by atoms with E-state index in [9.17, 15) is 14.3 Å². The maximum atomic E-state index is 14.0. The first-order chi connectivity index (χ1) is 10.2. The van der Waals surface area contributed by atoms with E-state index < -0.39 is 11.8 Å². The highest BCUT2D eigenvalue weighted by Crippen LogP contribution is 2.32. The summed E-state index contributed by atoms with van der Waals surface area (Å²) in [4.78, 5) is 11.2. The Morgan fingerprint density at radius 2 is 1.86 bits per heavy atom. The predicted molar refractivity (Wildman–Crippen MR) is 79.7 cm³/mol. The molecule has 3 rings (SSSR count). The highest BCUT2D eigenvalue weighted by molar-refractivity contribution is 5.95. The van der Waals surface area contributed by atoms with E-state index in [1.54, 1.807) is 0 Å². The van der Waals surface area contributed by atoms with Gasteiger partial charge in [0.1, 0.15) is 5.82 Å². The molecule has 21 heavy (non-hydrogen) atoms. The molecule has 0 bridgehead atoms. The minimum atomic E-state index is -1.14. The minimum Gasteiger partial charge on any atom is -0.478 e. The lowest BCUT2D eigenvalue weighted by Crippen LogP contribution is -2.09. The van der Waals surface area contributed by atoms with Crippen molar-refractivity contribution in [3.8, 4) is 0 Å². The molecule has 4 heteroatoms. The molecular weight excluding hydrogens is 269 g/mol. The second-order valence-corrected chi connectivity index (χ2v) is 5.24. The zero-order chi connectivity index (χ0) is 14.8. The molecule has 3 nitrogen and oxygen atoms in total. The Morgan fingerprint density at radius 1 is 1.10 bits per heavy atom. The summed E-state index contributed by atoms with van der Waals surface area (Å²) in [5.41, 5.74) is 3.22. The number of nitrogens with one attached hydrogen (secondary N) is 1. The van der Waals surface area contributed by atoms with Gasteiger partial charge in [-0.2, -0.15) is 0 Å². The van der Waals surface area contributed by atoms with Crippen molar-refractivity contribution in [2.45, 2.75) is 25.7 Å². The van der Waals surface area contributed by atoms with Crippen molar-refractivity contribution in [2.24, 2.45) is 0 Å². The molecule has 0 atom stereocenters. The number of aryl methyl sites for hydroxylation is 1. The number of halogens is 1. The smallest absolute Gasteiger partial charge is 0.337 e. The van der Waals surface area contributed by atoms with Gasteiger partial charge in [-0.3, -0.25) is 0 Å². The standard InChI is InChI=1S/C17H16FNO2/c18-14-9-4-8-13(17(20)21)16(14)19-15-10-3-6-11-5-1-2-7-12(11)15/h3-4,6,8-10,19H,1-2,5,7H2,(H,20,21). The number of rotatable bonds is 3. The first kappa shape index (κ1) is 13.6. The molecule has 1 aliphatic carbocycles. The number of para-hydroxylation sites is 1. The third-order valence-electron chi connectivity index (χ3n) is 3.90. The van der Waals surface area contributed by atoms with Crippen LogP contribution in [0, 0.1) is 5.82 Å². The average Bonchev–Trinajstić information content (AvgIpc) is 2.49. The average molecular weight is 285 g/mol. The lowest BCUT2D eigenvalue weighted by atomic mass is 9.90. The van der Waals surface area contributed by atoms with Crippen LogP contribution in [0.2, 0.25) is 0 Å². The van der Waals surface area contributed by atoms with Crippen LogP contribution in [0.4, 0.5) is 15.8 Å². The monoisotopic (exact) mass is 285 g/mol. The van der Waals surface area contributed by atoms with Crippen molar-refractivity contribution in [1.82, 2.24) is 0 Å². The van der Waals surface area contributed by atoms with Crippen molar-refractivity contribution < 1.29 is 14.3 Å². The molecule has 0 spiro atoms. The molecule has 2 N–H and O–H groups in total.